The van der Waals surface area contributed by atoms with Gasteiger partial charge in [0.25, 0.3) is 0 Å². The standard InChI is InChI=1S/C10H20N2/c1-4-8(2)12-7-9-5-10(12)6-11(9)3/h8-10H,4-7H2,1-3H3/t8-,9+,10+/m1/s1. The van der Waals surface area contributed by atoms with E-state index in [0.717, 1.165) is 18.1 Å². The zero-order valence-corrected chi connectivity index (χ0v) is 8.45. The fraction of sp³-hybridized carbons (Fsp3) is 1.00. The number of rotatable bonds is 2. The molecule has 0 N–H and O–H groups in total. The van der Waals surface area contributed by atoms with Crippen LogP contribution in [0.5, 0.6) is 0 Å². The smallest absolute Gasteiger partial charge is 0.0242 e. The second-order valence-electron chi connectivity index (χ2n) is 4.44. The molecule has 0 spiro atoms. The third-order valence-electron chi connectivity index (χ3n) is 3.71. The summed E-state index contributed by atoms with van der Waals surface area (Å²) in [5.74, 6) is 0. The molecule has 2 rings (SSSR count). The molecule has 2 heteroatoms. The average molecular weight is 168 g/mol. The van der Waals surface area contributed by atoms with Gasteiger partial charge in [0.1, 0.15) is 0 Å². The number of piperazine rings is 1. The van der Waals surface area contributed by atoms with Crippen molar-refractivity contribution in [3.63, 3.8) is 0 Å². The van der Waals surface area contributed by atoms with Crippen LogP contribution in [0.15, 0.2) is 0 Å². The molecule has 0 saturated carbocycles. The summed E-state index contributed by atoms with van der Waals surface area (Å²) in [7, 11) is 2.26. The topological polar surface area (TPSA) is 6.48 Å². The van der Waals surface area contributed by atoms with E-state index in [1.807, 2.05) is 0 Å². The quantitative estimate of drug-likeness (QED) is 0.611. The molecule has 2 saturated heterocycles. The summed E-state index contributed by atoms with van der Waals surface area (Å²) in [6.07, 6.45) is 2.72. The molecule has 0 aromatic rings. The fourth-order valence-corrected chi connectivity index (χ4v) is 2.67. The minimum atomic E-state index is 0.800. The molecule has 0 radical (unpaired) electrons. The molecule has 2 fully saturated rings. The molecule has 3 atom stereocenters. The van der Waals surface area contributed by atoms with Gasteiger partial charge in [-0.15, -0.1) is 0 Å². The number of hydrogen-bond acceptors (Lipinski definition) is 2. The minimum absolute atomic E-state index is 0.800. The van der Waals surface area contributed by atoms with Crippen LogP contribution in [-0.4, -0.2) is 48.1 Å². The van der Waals surface area contributed by atoms with Crippen molar-refractivity contribution >= 4 is 0 Å². The van der Waals surface area contributed by atoms with E-state index in [-0.39, 0.29) is 0 Å². The highest BCUT2D eigenvalue weighted by Gasteiger charge is 2.42. The summed E-state index contributed by atoms with van der Waals surface area (Å²) in [6, 6.07) is 2.53. The Morgan fingerprint density at radius 1 is 1.33 bits per heavy atom. The monoisotopic (exact) mass is 168 g/mol. The first kappa shape index (κ1) is 8.52. The lowest BCUT2D eigenvalue weighted by atomic mass is 10.2. The van der Waals surface area contributed by atoms with Gasteiger partial charge >= 0.3 is 0 Å². The Kier molecular flexibility index (Phi) is 2.13. The first-order chi connectivity index (χ1) is 5.72. The van der Waals surface area contributed by atoms with Crippen LogP contribution >= 0.6 is 0 Å². The molecule has 2 nitrogen and oxygen atoms in total. The summed E-state index contributed by atoms with van der Waals surface area (Å²) in [5.41, 5.74) is 0. The Morgan fingerprint density at radius 3 is 2.50 bits per heavy atom. The van der Waals surface area contributed by atoms with E-state index >= 15 is 0 Å². The van der Waals surface area contributed by atoms with Gasteiger partial charge in [-0.3, -0.25) is 4.90 Å². The van der Waals surface area contributed by atoms with Gasteiger partial charge in [-0.1, -0.05) is 6.92 Å². The van der Waals surface area contributed by atoms with Crippen molar-refractivity contribution in [1.82, 2.24) is 9.80 Å². The molecule has 0 aromatic heterocycles. The molecular weight excluding hydrogens is 148 g/mol. The lowest BCUT2D eigenvalue weighted by molar-refractivity contribution is 0.112. The summed E-state index contributed by atoms with van der Waals surface area (Å²) in [5, 5.41) is 0. The largest absolute Gasteiger partial charge is 0.301 e. The molecular formula is C10H20N2. The van der Waals surface area contributed by atoms with Crippen LogP contribution in [0.3, 0.4) is 0 Å². The molecule has 2 bridgehead atoms. The molecule has 2 aliphatic heterocycles. The lowest BCUT2D eigenvalue weighted by Gasteiger charge is -2.35. The second kappa shape index (κ2) is 3.00. The van der Waals surface area contributed by atoms with Crippen LogP contribution in [0.2, 0.25) is 0 Å². The Morgan fingerprint density at radius 2 is 2.08 bits per heavy atom. The van der Waals surface area contributed by atoms with Gasteiger partial charge in [0.15, 0.2) is 0 Å². The Balaban J connectivity index is 1.98. The lowest BCUT2D eigenvalue weighted by Crippen LogP contribution is -2.48. The van der Waals surface area contributed by atoms with Gasteiger partial charge in [-0.2, -0.15) is 0 Å². The van der Waals surface area contributed by atoms with Crippen LogP contribution in [0.4, 0.5) is 0 Å². The minimum Gasteiger partial charge on any atom is -0.301 e. The van der Waals surface area contributed by atoms with Gasteiger partial charge < -0.3 is 4.90 Å². The van der Waals surface area contributed by atoms with Crippen LogP contribution in [0, 0.1) is 0 Å². The van der Waals surface area contributed by atoms with Crippen LogP contribution in [0.1, 0.15) is 26.7 Å². The summed E-state index contributed by atoms with van der Waals surface area (Å²) in [6.45, 7) is 7.27. The molecule has 0 unspecified atom stereocenters. The average Bonchev–Trinajstić information content (AvgIpc) is 2.60. The highest BCUT2D eigenvalue weighted by atomic mass is 15.3. The number of hydrogen-bond donors (Lipinski definition) is 0. The van der Waals surface area contributed by atoms with Crippen molar-refractivity contribution in [3.8, 4) is 0 Å². The van der Waals surface area contributed by atoms with Gasteiger partial charge in [-0.05, 0) is 26.8 Å². The van der Waals surface area contributed by atoms with Crippen molar-refractivity contribution in [2.24, 2.45) is 0 Å². The fourth-order valence-electron chi connectivity index (χ4n) is 2.67. The number of nitrogens with zero attached hydrogens (tertiary/aromatic N) is 2. The van der Waals surface area contributed by atoms with Gasteiger partial charge in [0.2, 0.25) is 0 Å². The molecule has 70 valence electrons. The van der Waals surface area contributed by atoms with Crippen molar-refractivity contribution in [2.45, 2.75) is 44.8 Å². The third kappa shape index (κ3) is 1.17. The zero-order chi connectivity index (χ0) is 8.72. The first-order valence-corrected chi connectivity index (χ1v) is 5.18. The highest BCUT2D eigenvalue weighted by Crippen LogP contribution is 2.31. The number of fused-ring (bicyclic) bond motifs is 2. The molecule has 2 aliphatic rings. The normalized spacial score (nSPS) is 39.2. The van der Waals surface area contributed by atoms with Crippen molar-refractivity contribution in [1.29, 1.82) is 0 Å². The Hall–Kier alpha value is -0.0800. The third-order valence-corrected chi connectivity index (χ3v) is 3.71. The summed E-state index contributed by atoms with van der Waals surface area (Å²) < 4.78 is 0. The van der Waals surface area contributed by atoms with Crippen molar-refractivity contribution < 1.29 is 0 Å². The summed E-state index contributed by atoms with van der Waals surface area (Å²) in [4.78, 5) is 5.22. The first-order valence-electron chi connectivity index (χ1n) is 5.18. The summed E-state index contributed by atoms with van der Waals surface area (Å²) >= 11 is 0. The van der Waals surface area contributed by atoms with E-state index in [1.54, 1.807) is 0 Å². The van der Waals surface area contributed by atoms with E-state index in [2.05, 4.69) is 30.7 Å². The van der Waals surface area contributed by atoms with E-state index in [4.69, 9.17) is 0 Å². The van der Waals surface area contributed by atoms with Crippen LogP contribution < -0.4 is 0 Å². The van der Waals surface area contributed by atoms with Crippen LogP contribution in [-0.2, 0) is 0 Å². The van der Waals surface area contributed by atoms with Gasteiger partial charge in [0, 0.05) is 31.2 Å². The van der Waals surface area contributed by atoms with Crippen LogP contribution in [0.25, 0.3) is 0 Å². The van der Waals surface area contributed by atoms with Gasteiger partial charge in [0.05, 0.1) is 0 Å². The Labute approximate surface area is 75.5 Å². The number of likely N-dealkylation sites (N-methyl/N-ethyl adjacent to an activating group) is 1. The maximum Gasteiger partial charge on any atom is 0.0242 e. The highest BCUT2D eigenvalue weighted by molar-refractivity contribution is 4.99. The predicted molar refractivity (Wildman–Crippen MR) is 51.3 cm³/mol. The van der Waals surface area contributed by atoms with Gasteiger partial charge in [-0.25, -0.2) is 0 Å². The second-order valence-corrected chi connectivity index (χ2v) is 4.44. The SMILES string of the molecule is CC[C@@H](C)N1C[C@@H]2C[C@H]1CN2C. The van der Waals surface area contributed by atoms with Crippen molar-refractivity contribution in [3.05, 3.63) is 0 Å². The maximum atomic E-state index is 2.70. The molecule has 2 heterocycles. The predicted octanol–water partition coefficient (Wildman–Crippen LogP) is 1.17. The van der Waals surface area contributed by atoms with E-state index in [0.29, 0.717) is 0 Å². The van der Waals surface area contributed by atoms with E-state index < -0.39 is 0 Å². The Bertz CT molecular complexity index is 167. The zero-order valence-electron chi connectivity index (χ0n) is 8.45. The molecule has 0 aromatic carbocycles. The molecule has 0 amide bonds. The van der Waals surface area contributed by atoms with E-state index in [1.165, 1.54) is 25.9 Å². The molecule has 0 aliphatic carbocycles. The van der Waals surface area contributed by atoms with E-state index in [9.17, 15) is 0 Å². The molecule has 12 heavy (non-hydrogen) atoms. The number of likely N-dealkylation sites (tertiary alicyclic amines) is 2. The van der Waals surface area contributed by atoms with Crippen molar-refractivity contribution in [2.75, 3.05) is 20.1 Å². The maximum absolute atomic E-state index is 2.70.